The second-order valence-electron chi connectivity index (χ2n) is 2.94. The van der Waals surface area contributed by atoms with Gasteiger partial charge >= 0.3 is 9.41 Å². The van der Waals surface area contributed by atoms with Crippen molar-refractivity contribution in [1.82, 2.24) is 0 Å². The van der Waals surface area contributed by atoms with Crippen LogP contribution < -0.4 is 0 Å². The maximum atomic E-state index is 8.96. The Morgan fingerprint density at radius 2 is 1.00 bits per heavy atom. The molecule has 2 aromatic carbocycles. The van der Waals surface area contributed by atoms with Crippen LogP contribution >= 0.6 is 0 Å². The Labute approximate surface area is 92.7 Å². The molecule has 0 aromatic heterocycles. The SMILES string of the molecule is C[Si]=O.c1ccc(-c2ccccc2)cc1. The van der Waals surface area contributed by atoms with Crippen molar-refractivity contribution in [2.75, 3.05) is 0 Å². The molecule has 75 valence electrons. The van der Waals surface area contributed by atoms with E-state index in [0.29, 0.717) is 0 Å². The average Bonchev–Trinajstić information content (AvgIpc) is 2.32. The highest BCUT2D eigenvalue weighted by Gasteiger charge is 1.91. The largest absolute Gasteiger partial charge is 0.385 e. The molecule has 0 aliphatic carbocycles. The highest BCUT2D eigenvalue weighted by atomic mass is 28.2. The van der Waals surface area contributed by atoms with E-state index in [9.17, 15) is 0 Å². The Hall–Kier alpha value is -1.54. The molecule has 2 heteroatoms. The van der Waals surface area contributed by atoms with Gasteiger partial charge in [0.25, 0.3) is 0 Å². The first kappa shape index (κ1) is 11.5. The quantitative estimate of drug-likeness (QED) is 0.663. The maximum absolute atomic E-state index is 8.96. The molecular formula is C13H13OSi. The van der Waals surface area contributed by atoms with Gasteiger partial charge in [-0.15, -0.1) is 0 Å². The van der Waals surface area contributed by atoms with Gasteiger partial charge in [0.05, 0.1) is 0 Å². The molecule has 0 heterocycles. The molecule has 0 spiro atoms. The van der Waals surface area contributed by atoms with Crippen LogP contribution in [0.3, 0.4) is 0 Å². The third-order valence-electron chi connectivity index (χ3n) is 1.88. The van der Waals surface area contributed by atoms with E-state index in [1.807, 2.05) is 12.1 Å². The minimum absolute atomic E-state index is 0.167. The number of hydrogen-bond acceptors (Lipinski definition) is 1. The summed E-state index contributed by atoms with van der Waals surface area (Å²) in [6, 6.07) is 20.8. The summed E-state index contributed by atoms with van der Waals surface area (Å²) in [4.78, 5) is 0. The van der Waals surface area contributed by atoms with E-state index in [0.717, 1.165) is 0 Å². The molecule has 0 aliphatic rings. The summed E-state index contributed by atoms with van der Waals surface area (Å²) in [5.74, 6) is 0. The lowest BCUT2D eigenvalue weighted by Crippen LogP contribution is -1.73. The molecule has 1 radical (unpaired) electrons. The van der Waals surface area contributed by atoms with Crippen molar-refractivity contribution in [3.63, 3.8) is 0 Å². The fourth-order valence-corrected chi connectivity index (χ4v) is 1.26. The minimum Gasteiger partial charge on any atom is -0.385 e. The van der Waals surface area contributed by atoms with Crippen LogP contribution in [0.2, 0.25) is 6.55 Å². The molecule has 0 N–H and O–H groups in total. The molecular weight excluding hydrogens is 200 g/mol. The third kappa shape index (κ3) is 4.00. The van der Waals surface area contributed by atoms with Crippen molar-refractivity contribution < 1.29 is 4.46 Å². The summed E-state index contributed by atoms with van der Waals surface area (Å²) in [5.41, 5.74) is 2.55. The summed E-state index contributed by atoms with van der Waals surface area (Å²) < 4.78 is 8.96. The molecule has 0 amide bonds. The molecule has 2 aromatic rings. The van der Waals surface area contributed by atoms with Crippen molar-refractivity contribution in [3.05, 3.63) is 60.7 Å². The zero-order valence-electron chi connectivity index (χ0n) is 8.68. The van der Waals surface area contributed by atoms with Crippen LogP contribution in [0.4, 0.5) is 0 Å². The standard InChI is InChI=1S/C12H10.CH3OSi/c1-3-7-11(8-4-1)12-9-5-2-6-10-12;1-3-2/h1-10H;1H3. The van der Waals surface area contributed by atoms with Crippen LogP contribution in [-0.2, 0) is 4.46 Å². The predicted molar refractivity (Wildman–Crippen MR) is 64.2 cm³/mol. The summed E-state index contributed by atoms with van der Waals surface area (Å²) in [6.07, 6.45) is 0. The molecule has 0 saturated carbocycles. The highest BCUT2D eigenvalue weighted by molar-refractivity contribution is 6.14. The fraction of sp³-hybridized carbons (Fsp3) is 0.0769. The molecule has 0 bridgehead atoms. The van der Waals surface area contributed by atoms with Crippen LogP contribution in [0, 0.1) is 0 Å². The highest BCUT2D eigenvalue weighted by Crippen LogP contribution is 2.17. The maximum Gasteiger partial charge on any atom is 0.322 e. The van der Waals surface area contributed by atoms with E-state index in [-0.39, 0.29) is 9.41 Å². The van der Waals surface area contributed by atoms with Gasteiger partial charge in [0, 0.05) is 0 Å². The molecule has 0 unspecified atom stereocenters. The van der Waals surface area contributed by atoms with Gasteiger partial charge in [-0.2, -0.15) is 0 Å². The molecule has 15 heavy (non-hydrogen) atoms. The summed E-state index contributed by atoms with van der Waals surface area (Å²) >= 11 is 0. The van der Waals surface area contributed by atoms with E-state index >= 15 is 0 Å². The lowest BCUT2D eigenvalue weighted by Gasteiger charge is -1.98. The molecule has 0 atom stereocenters. The third-order valence-corrected chi connectivity index (χ3v) is 1.88. The van der Waals surface area contributed by atoms with E-state index < -0.39 is 0 Å². The van der Waals surface area contributed by atoms with Crippen molar-refractivity contribution >= 4 is 9.41 Å². The predicted octanol–water partition coefficient (Wildman–Crippen LogP) is 3.44. The van der Waals surface area contributed by atoms with Crippen molar-refractivity contribution in [2.24, 2.45) is 0 Å². The van der Waals surface area contributed by atoms with Crippen LogP contribution in [0.15, 0.2) is 60.7 Å². The molecule has 2 rings (SSSR count). The van der Waals surface area contributed by atoms with Crippen LogP contribution in [0.5, 0.6) is 0 Å². The van der Waals surface area contributed by atoms with E-state index in [1.54, 1.807) is 6.55 Å². The van der Waals surface area contributed by atoms with E-state index in [4.69, 9.17) is 4.46 Å². The zero-order valence-corrected chi connectivity index (χ0v) is 9.68. The first-order valence-electron chi connectivity index (χ1n) is 4.78. The Morgan fingerprint density at radius 1 is 0.733 bits per heavy atom. The van der Waals surface area contributed by atoms with E-state index in [2.05, 4.69) is 48.5 Å². The van der Waals surface area contributed by atoms with Gasteiger partial charge in [-0.25, -0.2) is 0 Å². The van der Waals surface area contributed by atoms with Crippen LogP contribution in [0.1, 0.15) is 0 Å². The summed E-state index contributed by atoms with van der Waals surface area (Å²) in [6.45, 7) is 1.60. The fourth-order valence-electron chi connectivity index (χ4n) is 1.26. The Balaban J connectivity index is 0.000000337. The second kappa shape index (κ2) is 6.84. The lowest BCUT2D eigenvalue weighted by molar-refractivity contribution is 0.580. The summed E-state index contributed by atoms with van der Waals surface area (Å²) in [7, 11) is -0.167. The first-order valence-corrected chi connectivity index (χ1v) is 6.18. The van der Waals surface area contributed by atoms with Crippen LogP contribution in [0.25, 0.3) is 11.1 Å². The first-order chi connectivity index (χ1) is 7.38. The number of benzene rings is 2. The summed E-state index contributed by atoms with van der Waals surface area (Å²) in [5, 5.41) is 0. The van der Waals surface area contributed by atoms with Gasteiger partial charge in [-0.05, 0) is 17.7 Å². The van der Waals surface area contributed by atoms with Gasteiger partial charge in [0.15, 0.2) is 0 Å². The van der Waals surface area contributed by atoms with Gasteiger partial charge < -0.3 is 4.46 Å². The molecule has 0 saturated heterocycles. The molecule has 0 fully saturated rings. The normalized spacial score (nSPS) is 8.60. The van der Waals surface area contributed by atoms with Crippen LogP contribution in [-0.4, -0.2) is 9.41 Å². The molecule has 0 aliphatic heterocycles. The van der Waals surface area contributed by atoms with Gasteiger partial charge in [-0.3, -0.25) is 0 Å². The second-order valence-corrected chi connectivity index (χ2v) is 3.34. The smallest absolute Gasteiger partial charge is 0.322 e. The zero-order chi connectivity index (χ0) is 10.9. The number of rotatable bonds is 1. The van der Waals surface area contributed by atoms with Crippen molar-refractivity contribution in [1.29, 1.82) is 0 Å². The Kier molecular flexibility index (Phi) is 5.26. The lowest BCUT2D eigenvalue weighted by atomic mass is 10.1. The van der Waals surface area contributed by atoms with E-state index in [1.165, 1.54) is 11.1 Å². The topological polar surface area (TPSA) is 17.1 Å². The van der Waals surface area contributed by atoms with Crippen molar-refractivity contribution in [2.45, 2.75) is 6.55 Å². The van der Waals surface area contributed by atoms with Crippen molar-refractivity contribution in [3.8, 4) is 11.1 Å². The van der Waals surface area contributed by atoms with Gasteiger partial charge in [0.1, 0.15) is 0 Å². The van der Waals surface area contributed by atoms with Gasteiger partial charge in [0.2, 0.25) is 0 Å². The number of hydrogen-bond donors (Lipinski definition) is 0. The monoisotopic (exact) mass is 213 g/mol. The Morgan fingerprint density at radius 3 is 1.27 bits per heavy atom. The molecule has 1 nitrogen and oxygen atoms in total. The Bertz CT molecular complexity index is 346. The average molecular weight is 213 g/mol. The van der Waals surface area contributed by atoms with Gasteiger partial charge in [-0.1, -0.05) is 60.7 Å². The minimum atomic E-state index is -0.167.